The van der Waals surface area contributed by atoms with Crippen LogP contribution in [0.5, 0.6) is 5.75 Å². The minimum Gasteiger partial charge on any atom is -0.490 e. The van der Waals surface area contributed by atoms with Gasteiger partial charge < -0.3 is 4.74 Å². The summed E-state index contributed by atoms with van der Waals surface area (Å²) in [6.45, 7) is 6.98. The average Bonchev–Trinajstić information content (AvgIpc) is 3.22. The lowest BCUT2D eigenvalue weighted by atomic mass is 9.91. The van der Waals surface area contributed by atoms with Crippen LogP contribution in [0.1, 0.15) is 43.0 Å². The summed E-state index contributed by atoms with van der Waals surface area (Å²) in [5, 5.41) is 10.4. The first-order valence-electron chi connectivity index (χ1n) is 9.92. The maximum Gasteiger partial charge on any atom is 0.137 e. The van der Waals surface area contributed by atoms with Gasteiger partial charge in [0.15, 0.2) is 0 Å². The Kier molecular flexibility index (Phi) is 5.46. The largest absolute Gasteiger partial charge is 0.490 e. The summed E-state index contributed by atoms with van der Waals surface area (Å²) in [5.41, 5.74) is 6.78. The Labute approximate surface area is 175 Å². The molecule has 0 saturated heterocycles. The van der Waals surface area contributed by atoms with E-state index < -0.39 is 0 Å². The molecule has 0 N–H and O–H groups in total. The highest BCUT2D eigenvalue weighted by atomic mass is 32.1. The molecule has 146 valence electrons. The van der Waals surface area contributed by atoms with E-state index in [0.29, 0.717) is 11.3 Å². The van der Waals surface area contributed by atoms with E-state index in [1.165, 1.54) is 22.3 Å². The Hall–Kier alpha value is -2.97. The second-order valence-electron chi connectivity index (χ2n) is 7.32. The van der Waals surface area contributed by atoms with Gasteiger partial charge in [-0.15, -0.1) is 11.3 Å². The van der Waals surface area contributed by atoms with Crippen LogP contribution >= 0.6 is 11.3 Å². The molecule has 0 aliphatic carbocycles. The molecule has 1 aliphatic rings. The van der Waals surface area contributed by atoms with Crippen molar-refractivity contribution in [3.8, 4) is 32.8 Å². The van der Waals surface area contributed by atoms with Crippen molar-refractivity contribution >= 4 is 17.6 Å². The standard InChI is InChI=1S/C24H23N3OS/c1-4-19-20-9-10-26-13-17(20)5-7-21(19)23-14-27-24(29-23)16-6-8-22(28-15(2)3)18(11-16)12-25/h5-8,11,13-15H,4,9-10H2,1-3H3. The number of fused-ring (bicyclic) bond motifs is 1. The van der Waals surface area contributed by atoms with Gasteiger partial charge in [-0.2, -0.15) is 5.26 Å². The van der Waals surface area contributed by atoms with E-state index in [1.807, 2.05) is 44.5 Å². The molecule has 0 amide bonds. The quantitative estimate of drug-likeness (QED) is 0.553. The monoisotopic (exact) mass is 401 g/mol. The minimum atomic E-state index is 0.0286. The number of nitriles is 1. The third-order valence-corrected chi connectivity index (χ3v) is 6.10. The fraction of sp³-hybridized carbons (Fsp3) is 0.292. The zero-order valence-electron chi connectivity index (χ0n) is 16.9. The van der Waals surface area contributed by atoms with Crippen LogP contribution in [0.2, 0.25) is 0 Å². The van der Waals surface area contributed by atoms with Gasteiger partial charge in [-0.1, -0.05) is 19.1 Å². The fourth-order valence-electron chi connectivity index (χ4n) is 3.74. The number of rotatable bonds is 5. The molecule has 29 heavy (non-hydrogen) atoms. The molecule has 0 fully saturated rings. The first-order valence-corrected chi connectivity index (χ1v) is 10.7. The molecular formula is C24H23N3OS. The zero-order chi connectivity index (χ0) is 20.4. The summed E-state index contributed by atoms with van der Waals surface area (Å²) in [7, 11) is 0. The number of hydrogen-bond donors (Lipinski definition) is 0. The van der Waals surface area contributed by atoms with Crippen molar-refractivity contribution in [1.82, 2.24) is 4.98 Å². The second kappa shape index (κ2) is 8.18. The molecule has 2 heterocycles. The molecule has 0 spiro atoms. The van der Waals surface area contributed by atoms with Crippen LogP contribution in [0.3, 0.4) is 0 Å². The van der Waals surface area contributed by atoms with Gasteiger partial charge >= 0.3 is 0 Å². The molecule has 0 unspecified atom stereocenters. The molecule has 0 bridgehead atoms. The molecular weight excluding hydrogens is 378 g/mol. The number of hydrogen-bond acceptors (Lipinski definition) is 5. The van der Waals surface area contributed by atoms with E-state index in [0.717, 1.165) is 34.8 Å². The smallest absolute Gasteiger partial charge is 0.137 e. The van der Waals surface area contributed by atoms with Crippen molar-refractivity contribution in [3.63, 3.8) is 0 Å². The predicted molar refractivity (Wildman–Crippen MR) is 119 cm³/mol. The lowest BCUT2D eigenvalue weighted by Gasteiger charge is -2.17. The van der Waals surface area contributed by atoms with Crippen molar-refractivity contribution in [2.24, 2.45) is 4.99 Å². The van der Waals surface area contributed by atoms with Gasteiger partial charge in [0.1, 0.15) is 16.8 Å². The Balaban J connectivity index is 1.71. The number of thiazole rings is 1. The summed E-state index contributed by atoms with van der Waals surface area (Å²) < 4.78 is 5.73. The van der Waals surface area contributed by atoms with E-state index in [9.17, 15) is 5.26 Å². The molecule has 1 aromatic heterocycles. The minimum absolute atomic E-state index is 0.0286. The molecule has 2 aromatic carbocycles. The molecule has 4 rings (SSSR count). The van der Waals surface area contributed by atoms with Crippen molar-refractivity contribution in [2.75, 3.05) is 6.54 Å². The van der Waals surface area contributed by atoms with Crippen LogP contribution in [0.15, 0.2) is 41.5 Å². The number of aliphatic imine (C=N–C) groups is 1. The highest BCUT2D eigenvalue weighted by Gasteiger charge is 2.17. The van der Waals surface area contributed by atoms with E-state index in [1.54, 1.807) is 11.3 Å². The summed E-state index contributed by atoms with van der Waals surface area (Å²) in [4.78, 5) is 10.2. The summed E-state index contributed by atoms with van der Waals surface area (Å²) >= 11 is 1.66. The second-order valence-corrected chi connectivity index (χ2v) is 8.35. The number of nitrogens with zero attached hydrogens (tertiary/aromatic N) is 3. The van der Waals surface area contributed by atoms with Gasteiger partial charge in [0, 0.05) is 24.5 Å². The Bertz CT molecular complexity index is 1120. The lowest BCUT2D eigenvalue weighted by Crippen LogP contribution is -2.07. The molecule has 1 aliphatic heterocycles. The first kappa shape index (κ1) is 19.4. The molecule has 0 atom stereocenters. The van der Waals surface area contributed by atoms with Crippen molar-refractivity contribution in [1.29, 1.82) is 5.26 Å². The highest BCUT2D eigenvalue weighted by Crippen LogP contribution is 2.37. The van der Waals surface area contributed by atoms with Crippen molar-refractivity contribution in [2.45, 2.75) is 39.7 Å². The SMILES string of the molecule is CCc1c(-c2cnc(-c3ccc(OC(C)C)c(C#N)c3)s2)ccc2c1CCN=C2. The molecule has 0 saturated carbocycles. The van der Waals surface area contributed by atoms with Crippen LogP contribution in [0.4, 0.5) is 0 Å². The molecule has 4 nitrogen and oxygen atoms in total. The first-order chi connectivity index (χ1) is 14.1. The van der Waals surface area contributed by atoms with Crippen LogP contribution in [0.25, 0.3) is 21.0 Å². The molecule has 0 radical (unpaired) electrons. The summed E-state index contributed by atoms with van der Waals surface area (Å²) in [6.07, 6.45) is 5.95. The van der Waals surface area contributed by atoms with Crippen molar-refractivity contribution < 1.29 is 4.74 Å². The van der Waals surface area contributed by atoms with Gasteiger partial charge in [-0.3, -0.25) is 4.99 Å². The predicted octanol–water partition coefficient (Wildman–Crippen LogP) is 5.67. The van der Waals surface area contributed by atoms with E-state index in [-0.39, 0.29) is 6.10 Å². The maximum atomic E-state index is 9.51. The molecule has 5 heteroatoms. The maximum absolute atomic E-state index is 9.51. The van der Waals surface area contributed by atoms with Crippen LogP contribution in [0, 0.1) is 11.3 Å². The highest BCUT2D eigenvalue weighted by molar-refractivity contribution is 7.18. The third kappa shape index (κ3) is 3.81. The van der Waals surface area contributed by atoms with Crippen molar-refractivity contribution in [3.05, 3.63) is 58.8 Å². The van der Waals surface area contributed by atoms with Gasteiger partial charge in [-0.25, -0.2) is 4.98 Å². The van der Waals surface area contributed by atoms with Crippen LogP contribution in [-0.2, 0) is 12.8 Å². The average molecular weight is 402 g/mol. The van der Waals surface area contributed by atoms with E-state index >= 15 is 0 Å². The number of aromatic nitrogens is 1. The van der Waals surface area contributed by atoms with Gasteiger partial charge in [0.05, 0.1) is 16.5 Å². The Morgan fingerprint density at radius 3 is 2.86 bits per heavy atom. The van der Waals surface area contributed by atoms with Crippen LogP contribution < -0.4 is 4.74 Å². The zero-order valence-corrected chi connectivity index (χ0v) is 17.7. The Morgan fingerprint density at radius 1 is 1.24 bits per heavy atom. The van der Waals surface area contributed by atoms with Crippen LogP contribution in [-0.4, -0.2) is 23.8 Å². The topological polar surface area (TPSA) is 58.3 Å². The van der Waals surface area contributed by atoms with Gasteiger partial charge in [0.25, 0.3) is 0 Å². The number of ether oxygens (including phenoxy) is 1. The fourth-order valence-corrected chi connectivity index (χ4v) is 4.71. The van der Waals surface area contributed by atoms with E-state index in [2.05, 4.69) is 35.1 Å². The lowest BCUT2D eigenvalue weighted by molar-refractivity contribution is 0.242. The van der Waals surface area contributed by atoms with Gasteiger partial charge in [0.2, 0.25) is 0 Å². The normalized spacial score (nSPS) is 12.7. The molecule has 3 aromatic rings. The third-order valence-electron chi connectivity index (χ3n) is 5.02. The summed E-state index contributed by atoms with van der Waals surface area (Å²) in [6, 6.07) is 12.3. The van der Waals surface area contributed by atoms with E-state index in [4.69, 9.17) is 4.74 Å². The van der Waals surface area contributed by atoms with Gasteiger partial charge in [-0.05, 0) is 67.1 Å². The number of benzene rings is 2. The summed E-state index contributed by atoms with van der Waals surface area (Å²) in [5.74, 6) is 0.618. The Morgan fingerprint density at radius 2 is 2.10 bits per heavy atom.